The molecule has 106 valence electrons. The Labute approximate surface area is 121 Å². The summed E-state index contributed by atoms with van der Waals surface area (Å²) in [5.74, 6) is 0.735. The number of aromatic amines is 1. The highest BCUT2D eigenvalue weighted by atomic mass is 32.1. The van der Waals surface area contributed by atoms with Crippen LogP contribution in [0.25, 0.3) is 11.2 Å². The van der Waals surface area contributed by atoms with Gasteiger partial charge in [0.15, 0.2) is 10.4 Å². The number of likely N-dealkylation sites (tertiary alicyclic amines) is 1. The van der Waals surface area contributed by atoms with E-state index in [4.69, 9.17) is 17.0 Å². The summed E-state index contributed by atoms with van der Waals surface area (Å²) in [5.41, 5.74) is 1.66. The highest BCUT2D eigenvalue weighted by Gasteiger charge is 2.26. The Balaban J connectivity index is 2.08. The summed E-state index contributed by atoms with van der Waals surface area (Å²) in [7, 11) is 3.41. The van der Waals surface area contributed by atoms with Crippen molar-refractivity contribution in [1.29, 1.82) is 0 Å². The molecule has 2 aromatic heterocycles. The van der Waals surface area contributed by atoms with Crippen LogP contribution in [-0.4, -0.2) is 46.0 Å². The number of carbonyl (C=O) groups is 1. The van der Waals surface area contributed by atoms with Crippen LogP contribution in [0.1, 0.15) is 18.9 Å². The molecule has 0 saturated carbocycles. The molecule has 0 aliphatic carbocycles. The Hall–Kier alpha value is -1.89. The lowest BCUT2D eigenvalue weighted by Crippen LogP contribution is -2.38. The molecule has 1 aliphatic heterocycles. The Morgan fingerprint density at radius 2 is 2.30 bits per heavy atom. The summed E-state index contributed by atoms with van der Waals surface area (Å²) in [6, 6.07) is 3.86. The molecule has 3 rings (SSSR count). The fourth-order valence-electron chi connectivity index (χ4n) is 2.64. The van der Waals surface area contributed by atoms with Crippen LogP contribution in [0.15, 0.2) is 12.1 Å². The molecule has 1 fully saturated rings. The van der Waals surface area contributed by atoms with Gasteiger partial charge in [-0.1, -0.05) is 0 Å². The van der Waals surface area contributed by atoms with Crippen molar-refractivity contribution in [3.05, 3.63) is 16.9 Å². The van der Waals surface area contributed by atoms with Crippen molar-refractivity contribution in [3.8, 4) is 5.88 Å². The summed E-state index contributed by atoms with van der Waals surface area (Å²) in [4.78, 5) is 21.0. The number of nitrogens with zero attached hydrogens (tertiary/aromatic N) is 3. The lowest BCUT2D eigenvalue weighted by Gasteiger charge is -2.30. The number of piperidine rings is 1. The van der Waals surface area contributed by atoms with Gasteiger partial charge in [0, 0.05) is 26.1 Å². The third kappa shape index (κ3) is 2.07. The lowest BCUT2D eigenvalue weighted by molar-refractivity contribution is -0.132. The quantitative estimate of drug-likeness (QED) is 0.859. The van der Waals surface area contributed by atoms with Crippen LogP contribution in [-0.2, 0) is 4.79 Å². The first-order valence-electron chi connectivity index (χ1n) is 6.49. The number of rotatable bonds is 2. The van der Waals surface area contributed by atoms with Gasteiger partial charge in [-0.3, -0.25) is 9.36 Å². The summed E-state index contributed by atoms with van der Waals surface area (Å²) in [5, 5.41) is 0. The second-order valence-electron chi connectivity index (χ2n) is 4.99. The van der Waals surface area contributed by atoms with Gasteiger partial charge in [0.25, 0.3) is 0 Å². The van der Waals surface area contributed by atoms with Crippen LogP contribution in [0.2, 0.25) is 0 Å². The summed E-state index contributed by atoms with van der Waals surface area (Å²) < 4.78 is 7.80. The minimum Gasteiger partial charge on any atom is -0.481 e. The highest BCUT2D eigenvalue weighted by Crippen LogP contribution is 2.26. The van der Waals surface area contributed by atoms with Crippen LogP contribution in [0.3, 0.4) is 0 Å². The van der Waals surface area contributed by atoms with Crippen LogP contribution in [0, 0.1) is 4.77 Å². The summed E-state index contributed by atoms with van der Waals surface area (Å²) >= 11 is 5.40. The van der Waals surface area contributed by atoms with Crippen LogP contribution in [0.5, 0.6) is 5.88 Å². The largest absolute Gasteiger partial charge is 0.481 e. The number of nitrogens with one attached hydrogen (secondary N) is 1. The van der Waals surface area contributed by atoms with Crippen molar-refractivity contribution in [2.24, 2.45) is 0 Å². The third-order valence-electron chi connectivity index (χ3n) is 3.71. The smallest absolute Gasteiger partial charge is 0.222 e. The number of carbonyl (C=O) groups excluding carboxylic acids is 1. The number of aromatic nitrogens is 3. The first-order chi connectivity index (χ1) is 9.60. The van der Waals surface area contributed by atoms with Gasteiger partial charge in [0.05, 0.1) is 18.7 Å². The fraction of sp³-hybridized carbons (Fsp3) is 0.462. The Kier molecular flexibility index (Phi) is 3.21. The maximum Gasteiger partial charge on any atom is 0.222 e. The minimum atomic E-state index is 0.151. The molecule has 1 saturated heterocycles. The number of amides is 1. The summed E-state index contributed by atoms with van der Waals surface area (Å²) in [6.45, 7) is 0.652. The van der Waals surface area contributed by atoms with Gasteiger partial charge in [-0.15, -0.1) is 0 Å². The zero-order chi connectivity index (χ0) is 14.3. The van der Waals surface area contributed by atoms with E-state index in [1.807, 2.05) is 17.7 Å². The number of hydrogen-bond donors (Lipinski definition) is 1. The van der Waals surface area contributed by atoms with E-state index in [0.717, 1.165) is 17.6 Å². The number of H-pyrrole nitrogens is 1. The molecule has 1 amide bonds. The molecular formula is C13H16N4O2S. The maximum absolute atomic E-state index is 11.6. The van der Waals surface area contributed by atoms with Gasteiger partial charge >= 0.3 is 0 Å². The summed E-state index contributed by atoms with van der Waals surface area (Å²) in [6.07, 6.45) is 1.32. The number of fused-ring (bicyclic) bond motifs is 1. The predicted molar refractivity (Wildman–Crippen MR) is 77.4 cm³/mol. The molecule has 0 spiro atoms. The molecule has 20 heavy (non-hydrogen) atoms. The topological polar surface area (TPSA) is 63.1 Å². The fourth-order valence-corrected chi connectivity index (χ4v) is 2.98. The van der Waals surface area contributed by atoms with Gasteiger partial charge in [-0.2, -0.15) is 4.98 Å². The van der Waals surface area contributed by atoms with Crippen LogP contribution < -0.4 is 4.74 Å². The average molecular weight is 292 g/mol. The Morgan fingerprint density at radius 1 is 1.50 bits per heavy atom. The Bertz CT molecular complexity index is 721. The molecule has 1 N–H and O–H groups in total. The maximum atomic E-state index is 11.6. The van der Waals surface area contributed by atoms with Gasteiger partial charge < -0.3 is 14.6 Å². The number of imidazole rings is 1. The average Bonchev–Trinajstić information content (AvgIpc) is 2.77. The van der Waals surface area contributed by atoms with Crippen LogP contribution >= 0.6 is 12.2 Å². The molecule has 0 radical (unpaired) electrons. The highest BCUT2D eigenvalue weighted by molar-refractivity contribution is 7.71. The molecule has 1 aliphatic rings. The first kappa shape index (κ1) is 13.1. The molecule has 3 heterocycles. The van der Waals surface area contributed by atoms with Gasteiger partial charge in [-0.25, -0.2) is 0 Å². The molecule has 2 aromatic rings. The van der Waals surface area contributed by atoms with Crippen molar-refractivity contribution in [3.63, 3.8) is 0 Å². The molecule has 0 aromatic carbocycles. The molecule has 1 atom stereocenters. The van der Waals surface area contributed by atoms with Gasteiger partial charge in [0.1, 0.15) is 0 Å². The second-order valence-corrected chi connectivity index (χ2v) is 5.38. The van der Waals surface area contributed by atoms with E-state index >= 15 is 0 Å². The number of hydrogen-bond acceptors (Lipinski definition) is 4. The number of methoxy groups -OCH3 is 1. The normalized spacial score (nSPS) is 19.6. The van der Waals surface area contributed by atoms with E-state index in [1.165, 1.54) is 0 Å². The zero-order valence-corrected chi connectivity index (χ0v) is 12.2. The zero-order valence-electron chi connectivity index (χ0n) is 11.4. The minimum absolute atomic E-state index is 0.151. The third-order valence-corrected chi connectivity index (χ3v) is 4.01. The predicted octanol–water partition coefficient (Wildman–Crippen LogP) is 1.90. The SMILES string of the molecule is COc1ccc2[nH]c(=S)n(C3CCC(=O)N(C)C3)c2n1. The van der Waals surface area contributed by atoms with E-state index in [1.54, 1.807) is 18.1 Å². The van der Waals surface area contributed by atoms with E-state index in [9.17, 15) is 4.79 Å². The standard InChI is InChI=1S/C13H16N4O2S/c1-16-7-8(3-6-11(16)18)17-12-9(14-13(17)20)4-5-10(15-12)19-2/h4-5,8H,3,6-7H2,1-2H3,(H,14,20). The molecule has 6 nitrogen and oxygen atoms in total. The Morgan fingerprint density at radius 3 is 3.00 bits per heavy atom. The van der Waals surface area contributed by atoms with Gasteiger partial charge in [0.2, 0.25) is 11.8 Å². The lowest BCUT2D eigenvalue weighted by atomic mass is 10.1. The van der Waals surface area contributed by atoms with Crippen molar-refractivity contribution < 1.29 is 9.53 Å². The molecule has 0 bridgehead atoms. The first-order valence-corrected chi connectivity index (χ1v) is 6.90. The van der Waals surface area contributed by atoms with Crippen molar-refractivity contribution in [1.82, 2.24) is 19.4 Å². The number of likely N-dealkylation sites (N-methyl/N-ethyl adjacent to an activating group) is 1. The second kappa shape index (κ2) is 4.90. The van der Waals surface area contributed by atoms with E-state index < -0.39 is 0 Å². The van der Waals surface area contributed by atoms with Crippen molar-refractivity contribution in [2.75, 3.05) is 20.7 Å². The molecular weight excluding hydrogens is 276 g/mol. The number of pyridine rings is 1. The van der Waals surface area contributed by atoms with Crippen molar-refractivity contribution >= 4 is 29.3 Å². The monoisotopic (exact) mass is 292 g/mol. The molecule has 1 unspecified atom stereocenters. The van der Waals surface area contributed by atoms with E-state index in [-0.39, 0.29) is 11.9 Å². The van der Waals surface area contributed by atoms with E-state index in [2.05, 4.69) is 9.97 Å². The molecule has 7 heteroatoms. The van der Waals surface area contributed by atoms with Crippen molar-refractivity contribution in [2.45, 2.75) is 18.9 Å². The van der Waals surface area contributed by atoms with Crippen LogP contribution in [0.4, 0.5) is 0 Å². The number of ether oxygens (including phenoxy) is 1. The van der Waals surface area contributed by atoms with E-state index in [0.29, 0.717) is 23.6 Å². The van der Waals surface area contributed by atoms with Gasteiger partial charge in [-0.05, 0) is 24.7 Å².